The minimum Gasteiger partial charge on any atom is -0.211 e. The van der Waals surface area contributed by atoms with Gasteiger partial charge in [0.25, 0.3) is 0 Å². The van der Waals surface area contributed by atoms with E-state index in [1.54, 1.807) is 0 Å². The van der Waals surface area contributed by atoms with Crippen molar-refractivity contribution >= 4 is 10.0 Å². The number of rotatable bonds is 6. The lowest BCUT2D eigenvalue weighted by Crippen LogP contribution is -2.05. The maximum absolute atomic E-state index is 10.3. The van der Waals surface area contributed by atoms with E-state index >= 15 is 0 Å². The van der Waals surface area contributed by atoms with Gasteiger partial charge in [-0.15, -0.1) is 5.14 Å². The van der Waals surface area contributed by atoms with Gasteiger partial charge < -0.3 is 0 Å². The summed E-state index contributed by atoms with van der Waals surface area (Å²) in [6.45, 7) is 2.11. The Bertz CT molecular complexity index is 175. The van der Waals surface area contributed by atoms with E-state index in [1.165, 1.54) is 0 Å². The normalized spacial score (nSPS) is 11.8. The zero-order chi connectivity index (χ0) is 8.74. The molecule has 3 nitrogen and oxygen atoms in total. The van der Waals surface area contributed by atoms with Crippen molar-refractivity contribution < 1.29 is 8.42 Å². The summed E-state index contributed by atoms with van der Waals surface area (Å²) in [5, 5.41) is 6.58. The van der Waals surface area contributed by atoms with Crippen LogP contribution in [0.5, 0.6) is 0 Å². The molecule has 0 heterocycles. The lowest BCUT2D eigenvalue weighted by molar-refractivity contribution is 0.587. The zero-order valence-electron chi connectivity index (χ0n) is 6.97. The summed E-state index contributed by atoms with van der Waals surface area (Å²) in [7, 11) is -3.46. The van der Waals surface area contributed by atoms with E-state index in [-0.39, 0.29) is 5.75 Å². The second kappa shape index (κ2) is 5.55. The largest absolute Gasteiger partial charge is 0.225 e. The van der Waals surface area contributed by atoms with Gasteiger partial charge in [0, 0.05) is 0 Å². The highest BCUT2D eigenvalue weighted by Gasteiger charge is 2.01. The Balaban J connectivity index is 3.16. The van der Waals surface area contributed by atoms with Crippen LogP contribution < -0.4 is 5.14 Å². The van der Waals surface area contributed by atoms with Crippen molar-refractivity contribution in [2.45, 2.75) is 39.0 Å². The first-order chi connectivity index (χ1) is 5.06. The topological polar surface area (TPSA) is 57.9 Å². The van der Waals surface area contributed by atoms with Crippen molar-refractivity contribution in [3.05, 3.63) is 0 Å². The second-order valence-electron chi connectivity index (χ2n) is 2.73. The fraction of sp³-hybridized carbons (Fsp3) is 1.00. The Hall–Kier alpha value is -0.0900. The summed E-state index contributed by atoms with van der Waals surface area (Å²) < 4.78 is 20.7. The molecule has 1 radical (unpaired) electrons. The third kappa shape index (κ3) is 9.91. The molecule has 11 heavy (non-hydrogen) atoms. The molecule has 0 aromatic carbocycles. The molecule has 0 aromatic heterocycles. The van der Waals surface area contributed by atoms with Crippen LogP contribution in [0.2, 0.25) is 0 Å². The molecule has 0 spiro atoms. The second-order valence-corrected chi connectivity index (χ2v) is 4.37. The summed E-state index contributed by atoms with van der Waals surface area (Å²) in [5.74, 6) is 0.0245. The Kier molecular flexibility index (Phi) is 5.50. The molecule has 0 rings (SSSR count). The molecule has 4 heteroatoms. The van der Waals surface area contributed by atoms with Crippen LogP contribution in [-0.2, 0) is 10.0 Å². The predicted octanol–water partition coefficient (Wildman–Crippen LogP) is 1.57. The first kappa shape index (κ1) is 10.9. The third-order valence-electron chi connectivity index (χ3n) is 1.52. The molecule has 0 aliphatic heterocycles. The van der Waals surface area contributed by atoms with Crippen molar-refractivity contribution in [3.63, 3.8) is 0 Å². The maximum Gasteiger partial charge on any atom is 0.225 e. The first-order valence-corrected chi connectivity index (χ1v) is 5.69. The number of sulfonamides is 1. The average Bonchev–Trinajstić information content (AvgIpc) is 1.85. The molecular formula is C7H16NO2S. The van der Waals surface area contributed by atoms with Crippen LogP contribution in [0.4, 0.5) is 0 Å². The van der Waals surface area contributed by atoms with E-state index in [1.807, 2.05) is 0 Å². The average molecular weight is 178 g/mol. The number of hydrogen-bond acceptors (Lipinski definition) is 2. The highest BCUT2D eigenvalue weighted by molar-refractivity contribution is 7.88. The van der Waals surface area contributed by atoms with Gasteiger partial charge >= 0.3 is 0 Å². The summed E-state index contributed by atoms with van der Waals surface area (Å²) >= 11 is 0. The van der Waals surface area contributed by atoms with Gasteiger partial charge in [-0.25, -0.2) is 8.42 Å². The summed E-state index contributed by atoms with van der Waals surface area (Å²) in [5.41, 5.74) is 0. The van der Waals surface area contributed by atoms with Gasteiger partial charge in [-0.2, -0.15) is 0 Å². The third-order valence-corrected chi connectivity index (χ3v) is 2.34. The van der Waals surface area contributed by atoms with E-state index in [2.05, 4.69) is 6.92 Å². The maximum atomic E-state index is 10.3. The quantitative estimate of drug-likeness (QED) is 0.580. The zero-order valence-corrected chi connectivity index (χ0v) is 7.78. The van der Waals surface area contributed by atoms with E-state index in [9.17, 15) is 8.42 Å². The van der Waals surface area contributed by atoms with E-state index in [0.717, 1.165) is 25.7 Å². The number of hydrogen-bond donors (Lipinski definition) is 0. The SMILES string of the molecule is CCCCCCCS([NH])(=O)=O. The van der Waals surface area contributed by atoms with Gasteiger partial charge in [0.2, 0.25) is 10.0 Å². The Morgan fingerprint density at radius 1 is 1.09 bits per heavy atom. The summed E-state index contributed by atoms with van der Waals surface area (Å²) in [4.78, 5) is 0. The van der Waals surface area contributed by atoms with Crippen molar-refractivity contribution in [2.24, 2.45) is 0 Å². The molecule has 0 unspecified atom stereocenters. The summed E-state index contributed by atoms with van der Waals surface area (Å²) in [6.07, 6.45) is 5.00. The van der Waals surface area contributed by atoms with Crippen LogP contribution in [0.3, 0.4) is 0 Å². The van der Waals surface area contributed by atoms with E-state index in [4.69, 9.17) is 5.14 Å². The molecule has 0 aromatic rings. The lowest BCUT2D eigenvalue weighted by atomic mass is 10.2. The minimum absolute atomic E-state index is 0.0245. The number of unbranched alkanes of at least 4 members (excludes halogenated alkanes) is 4. The van der Waals surface area contributed by atoms with Gasteiger partial charge in [-0.05, 0) is 6.42 Å². The molecule has 1 N–H and O–H groups in total. The molecule has 0 saturated carbocycles. The van der Waals surface area contributed by atoms with Crippen molar-refractivity contribution in [1.82, 2.24) is 5.14 Å². The van der Waals surface area contributed by atoms with Gasteiger partial charge in [0.1, 0.15) is 0 Å². The van der Waals surface area contributed by atoms with Crippen LogP contribution in [0.25, 0.3) is 0 Å². The molecule has 0 fully saturated rings. The van der Waals surface area contributed by atoms with Crippen LogP contribution in [0.1, 0.15) is 39.0 Å². The fourth-order valence-corrected chi connectivity index (χ4v) is 1.48. The molecule has 0 bridgehead atoms. The fourth-order valence-electron chi connectivity index (χ4n) is 0.896. The van der Waals surface area contributed by atoms with Crippen molar-refractivity contribution in [3.8, 4) is 0 Å². The lowest BCUT2D eigenvalue weighted by Gasteiger charge is -1.96. The highest BCUT2D eigenvalue weighted by Crippen LogP contribution is 2.03. The van der Waals surface area contributed by atoms with Crippen LogP contribution >= 0.6 is 0 Å². The molecule has 0 aliphatic rings. The Morgan fingerprint density at radius 3 is 2.09 bits per heavy atom. The van der Waals surface area contributed by atoms with Crippen molar-refractivity contribution in [1.29, 1.82) is 0 Å². The van der Waals surface area contributed by atoms with E-state index < -0.39 is 10.0 Å². The molecule has 0 atom stereocenters. The Labute approximate surface area is 69.0 Å². The smallest absolute Gasteiger partial charge is 0.211 e. The highest BCUT2D eigenvalue weighted by atomic mass is 32.2. The first-order valence-electron chi connectivity index (χ1n) is 4.03. The van der Waals surface area contributed by atoms with Crippen molar-refractivity contribution in [2.75, 3.05) is 5.75 Å². The molecule has 67 valence electrons. The molecule has 0 saturated heterocycles. The van der Waals surface area contributed by atoms with Gasteiger partial charge in [-0.3, -0.25) is 0 Å². The van der Waals surface area contributed by atoms with Crippen LogP contribution in [-0.4, -0.2) is 14.2 Å². The van der Waals surface area contributed by atoms with Gasteiger partial charge in [-0.1, -0.05) is 32.6 Å². The molecular weight excluding hydrogens is 162 g/mol. The van der Waals surface area contributed by atoms with Gasteiger partial charge in [0.15, 0.2) is 0 Å². The van der Waals surface area contributed by atoms with E-state index in [0.29, 0.717) is 6.42 Å². The van der Waals surface area contributed by atoms with Crippen LogP contribution in [0.15, 0.2) is 0 Å². The standard InChI is InChI=1S/C7H16NO2S/c1-2-3-4-5-6-7-11(8,9)10/h8H,2-7H2,1H3. The van der Waals surface area contributed by atoms with Crippen LogP contribution in [0, 0.1) is 0 Å². The monoisotopic (exact) mass is 178 g/mol. The minimum atomic E-state index is -3.46. The molecule has 0 amide bonds. The number of nitrogens with one attached hydrogen (secondary N) is 1. The Morgan fingerprint density at radius 2 is 1.64 bits per heavy atom. The molecule has 0 aliphatic carbocycles. The predicted molar refractivity (Wildman–Crippen MR) is 45.6 cm³/mol. The summed E-state index contributed by atoms with van der Waals surface area (Å²) in [6, 6.07) is 0. The van der Waals surface area contributed by atoms with Gasteiger partial charge in [0.05, 0.1) is 5.75 Å².